The van der Waals surface area contributed by atoms with Crippen molar-refractivity contribution in [1.82, 2.24) is 97.2 Å². The summed E-state index contributed by atoms with van der Waals surface area (Å²) in [6.45, 7) is 102. The number of rotatable bonds is 23. The second-order valence-corrected chi connectivity index (χ2v) is 41.6. The number of nitrogens with zero attached hydrogens (tertiary/aromatic N) is 15. The van der Waals surface area contributed by atoms with Crippen molar-refractivity contribution in [2.75, 3.05) is 6.54 Å². The van der Waals surface area contributed by atoms with Crippen LogP contribution < -0.4 is 44.7 Å². The van der Waals surface area contributed by atoms with Crippen LogP contribution in [0.5, 0.6) is 0 Å². The number of H-pyrrole nitrogens is 7. The maximum Gasteiger partial charge on any atom is 0.247 e. The van der Waals surface area contributed by atoms with Gasteiger partial charge in [-0.15, -0.1) is 25.5 Å². The first-order chi connectivity index (χ1) is 65.2. The van der Waals surface area contributed by atoms with Gasteiger partial charge < -0.3 is 58.6 Å². The zero-order valence-electron chi connectivity index (χ0n) is 98.0. The highest BCUT2D eigenvalue weighted by molar-refractivity contribution is 5.88. The van der Waals surface area contributed by atoms with Gasteiger partial charge in [-0.25, -0.2) is 9.97 Å². The number of primary amides is 2. The number of aromatic amines is 7. The molecule has 0 fully saturated rings. The Hall–Kier alpha value is -11.1. The largest absolute Gasteiger partial charge is 0.512 e. The summed E-state index contributed by atoms with van der Waals surface area (Å²) in [6, 6.07) is 11.0. The summed E-state index contributed by atoms with van der Waals surface area (Å²) in [5.74, 6) is 13.8. The summed E-state index contributed by atoms with van der Waals surface area (Å²) >= 11 is 0. The number of hydrogen-bond acceptors (Lipinski definition) is 23. The summed E-state index contributed by atoms with van der Waals surface area (Å²) in [5.41, 5.74) is 25.2. The lowest BCUT2D eigenvalue weighted by Gasteiger charge is -2.09. The van der Waals surface area contributed by atoms with Crippen LogP contribution >= 0.6 is 0 Å². The maximum atomic E-state index is 11.0. The number of aromatic nitrogens is 17. The van der Waals surface area contributed by atoms with Gasteiger partial charge in [0.15, 0.2) is 11.6 Å². The van der Waals surface area contributed by atoms with Gasteiger partial charge in [-0.3, -0.25) is 43.5 Å². The number of aliphatic hydroxyl groups excluding tert-OH is 1. The number of allylic oxidation sites excluding steroid dienone is 2. The minimum absolute atomic E-state index is 0.00926. The number of hydrogen-bond donors (Lipinski definition) is 14. The first-order valence-corrected chi connectivity index (χ1v) is 50.6. The van der Waals surface area contributed by atoms with Crippen LogP contribution in [0, 0.1) is 76.9 Å². The van der Waals surface area contributed by atoms with Gasteiger partial charge in [0, 0.05) is 150 Å². The molecular formula is C106H208N28O8. The fourth-order valence-electron chi connectivity index (χ4n) is 7.44. The van der Waals surface area contributed by atoms with Gasteiger partial charge >= 0.3 is 0 Å². The van der Waals surface area contributed by atoms with E-state index in [0.29, 0.717) is 101 Å². The summed E-state index contributed by atoms with van der Waals surface area (Å²) in [5, 5.41) is 62.5. The Labute approximate surface area is 858 Å². The van der Waals surface area contributed by atoms with Gasteiger partial charge in [0.1, 0.15) is 24.0 Å². The molecule has 0 aromatic carbocycles. The predicted molar refractivity (Wildman–Crippen MR) is 595 cm³/mol. The monoisotopic (exact) mass is 2000 g/mol. The lowest BCUT2D eigenvalue weighted by molar-refractivity contribution is -0.125. The summed E-state index contributed by atoms with van der Waals surface area (Å²) in [4.78, 5) is 101. The number of amides is 4. The number of carbonyl (C=O) groups excluding carboxylic acids is 5. The lowest BCUT2D eigenvalue weighted by atomic mass is 9.99. The molecule has 1 aliphatic heterocycles. The Kier molecular flexibility index (Phi) is 98.2. The predicted octanol–water partition coefficient (Wildman–Crippen LogP) is 22.8. The number of aliphatic hydroxyl groups is 1. The molecule has 0 saturated carbocycles. The molecule has 0 aliphatic carbocycles. The van der Waals surface area contributed by atoms with E-state index in [4.69, 9.17) is 28.0 Å². The number of amidine groups is 2. The SMILES string of the molecule is CC(C)/C=C(\O)C(C)C.CC(C)C.CC(C)C.CC(C)C(N)=O.CC(C)C(N)=O.CC(C)C1=NN=NC1.CC(C)CC(=O)C(C)C.CC(C)N=C(N)C(C)C.CC(C)N=C(N)C(C)C.CC(C)NC(=O)C(C)C.CC(C)NC(=O)C(C)C.CC(C)c1cn[nH]n1.CC(C)c1cnc(C(C)C)[nH]1.CC(C)c1cnc(C(C)C)[nH]1.CC(C)c1nn[nH]n1.CC(C)c1nn[nH]n1.O=c1cccc[nH]1.O=c1cccc[nH]1. The molecule has 36 heteroatoms. The normalized spacial score (nSPS) is 11.2. The molecule has 0 radical (unpaired) electrons. The topological polar surface area (TPSA) is 569 Å². The van der Waals surface area contributed by atoms with Gasteiger partial charge in [0.25, 0.3) is 0 Å². The van der Waals surface area contributed by atoms with E-state index in [0.717, 1.165) is 64.6 Å². The summed E-state index contributed by atoms with van der Waals surface area (Å²) in [6.07, 6.45) is 11.4. The Morgan fingerprint density at radius 3 is 0.852 bits per heavy atom. The Morgan fingerprint density at radius 2 is 0.746 bits per heavy atom. The van der Waals surface area contributed by atoms with Crippen LogP contribution in [0.1, 0.15) is 434 Å². The molecule has 0 unspecified atom stereocenters. The van der Waals surface area contributed by atoms with E-state index in [1.807, 2.05) is 185 Å². The zero-order chi connectivity index (χ0) is 113. The summed E-state index contributed by atoms with van der Waals surface area (Å²) in [7, 11) is 0. The third-order valence-electron chi connectivity index (χ3n) is 16.2. The van der Waals surface area contributed by atoms with Gasteiger partial charge in [-0.1, -0.05) is 313 Å². The van der Waals surface area contributed by atoms with E-state index in [9.17, 15) is 33.6 Å². The molecule has 820 valence electrons. The molecular weight excluding hydrogens is 1790 g/mol. The van der Waals surface area contributed by atoms with E-state index in [1.165, 1.54) is 23.5 Å². The first kappa shape index (κ1) is 151. The minimum atomic E-state index is -0.241. The van der Waals surface area contributed by atoms with Crippen molar-refractivity contribution in [2.45, 2.75) is 418 Å². The average molecular weight is 2000 g/mol. The highest BCUT2D eigenvalue weighted by Gasteiger charge is 2.13. The average Bonchev–Trinajstić information content (AvgIpc) is 1.75. The van der Waals surface area contributed by atoms with Crippen molar-refractivity contribution in [2.24, 2.45) is 125 Å². The molecule has 0 bridgehead atoms. The Bertz CT molecular complexity index is 3930. The van der Waals surface area contributed by atoms with Crippen LogP contribution in [0.2, 0.25) is 0 Å². The molecule has 8 heterocycles. The third-order valence-corrected chi connectivity index (χ3v) is 16.2. The lowest BCUT2D eigenvalue weighted by Crippen LogP contribution is -2.33. The second-order valence-electron chi connectivity index (χ2n) is 41.6. The highest BCUT2D eigenvalue weighted by Crippen LogP contribution is 2.18. The van der Waals surface area contributed by atoms with Crippen LogP contribution in [0.15, 0.2) is 114 Å². The number of tetrazole rings is 2. The van der Waals surface area contributed by atoms with Crippen molar-refractivity contribution in [3.05, 3.63) is 140 Å². The molecule has 18 N–H and O–H groups in total. The highest BCUT2D eigenvalue weighted by atomic mass is 16.3. The molecule has 0 atom stereocenters. The standard InChI is InChI=1S/2C9H16N2.2C8H16O.2C7H16N2.2C7H15NO.2C5H9N3.2C5H5NO.2C4H8N4.2C4H9NO.2C4H10/c2*1-6(2)8-5-10-9(11-8)7(3)4;2*1-6(2)5-8(9)7(3)4;2*1-5(2)7(8)9-6(3)4;2*1-5(2)7(9)8-6(3)4;2*1-4(2)5-3-6-8-7-5;2*7-5-3-1-2-4-6-5;2*1-3(2)4-5-7-8-6-4;2*1-3(2)4(5)6;2*1-4(2)3/h2*5-7H,1-4H3,(H,10,11);6-7H,5H2,1-4H3;5-7,9H,1-4H3;2*5-6H,1-4H3,(H2,8,9);2*5-6H,1-4H3,(H,8,9);4H,3H2,1-2H3;3-4H,1-2H3,(H,6,7,8);2*1-4H,(H,6,7);2*3H,1-2H3,(H,5,6,7,8);2*3H,1-2H3,(H2,5,6);2*4H,1-3H3/b;;;8-5-;;;;;;;;;;;;;;. The smallest absolute Gasteiger partial charge is 0.247 e. The zero-order valence-corrected chi connectivity index (χ0v) is 98.0. The van der Waals surface area contributed by atoms with Crippen molar-refractivity contribution >= 4 is 46.8 Å². The van der Waals surface area contributed by atoms with Crippen LogP contribution in [-0.4, -0.2) is 169 Å². The van der Waals surface area contributed by atoms with Crippen LogP contribution in [0.3, 0.4) is 0 Å². The number of imidazole rings is 2. The Morgan fingerprint density at radius 1 is 0.408 bits per heavy atom. The molecule has 142 heavy (non-hydrogen) atoms. The van der Waals surface area contributed by atoms with Gasteiger partial charge in [-0.2, -0.15) is 31.0 Å². The Balaban J connectivity index is -0.000000163. The van der Waals surface area contributed by atoms with Crippen molar-refractivity contribution in [1.29, 1.82) is 0 Å². The van der Waals surface area contributed by atoms with Gasteiger partial charge in [-0.05, 0) is 126 Å². The molecule has 1 aliphatic rings. The van der Waals surface area contributed by atoms with Gasteiger partial charge in [0.05, 0.1) is 35.0 Å². The quantitative estimate of drug-likeness (QED) is 0.0161. The summed E-state index contributed by atoms with van der Waals surface area (Å²) < 4.78 is 0. The molecule has 36 nitrogen and oxygen atoms in total. The van der Waals surface area contributed by atoms with E-state index >= 15 is 0 Å². The first-order valence-electron chi connectivity index (χ1n) is 50.6. The minimum Gasteiger partial charge on any atom is -0.512 e. The van der Waals surface area contributed by atoms with Crippen molar-refractivity contribution in [3.8, 4) is 0 Å². The number of nitrogens with two attached hydrogens (primary N) is 4. The molecule has 0 saturated heterocycles. The molecule has 8 rings (SSSR count). The number of pyridine rings is 2. The van der Waals surface area contributed by atoms with Crippen molar-refractivity contribution in [3.63, 3.8) is 0 Å². The van der Waals surface area contributed by atoms with Crippen LogP contribution in [0.4, 0.5) is 0 Å². The van der Waals surface area contributed by atoms with Crippen LogP contribution in [-0.2, 0) is 24.0 Å². The van der Waals surface area contributed by atoms with Crippen molar-refractivity contribution < 1.29 is 29.1 Å². The third kappa shape index (κ3) is 109. The number of carbonyl (C=O) groups is 5. The molecule has 4 amide bonds. The number of ketones is 1. The van der Waals surface area contributed by atoms with Gasteiger partial charge in [0.2, 0.25) is 34.7 Å². The number of aliphatic imine (C=N–C) groups is 2. The molecule has 0 spiro atoms. The number of Topliss-reactive ketones (excluding diaryl/α,β-unsaturated/α-hetero) is 1. The fraction of sp³-hybridized carbons (Fsp3) is 0.717. The van der Waals surface area contributed by atoms with E-state index in [2.05, 4.69) is 275 Å². The number of nitrogens with one attached hydrogen (secondary N) is 9. The molecule has 7 aromatic heterocycles. The van der Waals surface area contributed by atoms with Crippen LogP contribution in [0.25, 0.3) is 0 Å². The second kappa shape index (κ2) is 92.3. The fourth-order valence-corrected chi connectivity index (χ4v) is 7.44. The molecule has 7 aromatic rings. The van der Waals surface area contributed by atoms with E-state index in [1.54, 1.807) is 70.6 Å². The van der Waals surface area contributed by atoms with E-state index in [-0.39, 0.29) is 82.3 Å². The van der Waals surface area contributed by atoms with E-state index < -0.39 is 0 Å². The maximum absolute atomic E-state index is 11.0.